The van der Waals surface area contributed by atoms with E-state index in [1.54, 1.807) is 24.3 Å². The SMILES string of the molecule is CC1CCCN(C(=O)c2cc(C(N)=O)n(-c3ccccc3)n2)C1C(=O)O. The Morgan fingerprint density at radius 2 is 1.92 bits per heavy atom. The van der Waals surface area contributed by atoms with Gasteiger partial charge in [0, 0.05) is 12.6 Å². The molecule has 1 fully saturated rings. The van der Waals surface area contributed by atoms with Crippen LogP contribution in [0.5, 0.6) is 0 Å². The number of carbonyl (C=O) groups excluding carboxylic acids is 2. The summed E-state index contributed by atoms with van der Waals surface area (Å²) in [4.78, 5) is 37.6. The fourth-order valence-electron chi connectivity index (χ4n) is 3.37. The molecule has 136 valence electrons. The molecule has 2 unspecified atom stereocenters. The summed E-state index contributed by atoms with van der Waals surface area (Å²) in [6, 6.07) is 9.24. The maximum absolute atomic E-state index is 12.9. The van der Waals surface area contributed by atoms with E-state index in [0.29, 0.717) is 12.2 Å². The highest BCUT2D eigenvalue weighted by Gasteiger charge is 2.38. The van der Waals surface area contributed by atoms with Gasteiger partial charge in [0.25, 0.3) is 11.8 Å². The molecule has 1 aliphatic heterocycles. The van der Waals surface area contributed by atoms with Gasteiger partial charge in [0.2, 0.25) is 0 Å². The van der Waals surface area contributed by atoms with E-state index >= 15 is 0 Å². The molecule has 2 heterocycles. The van der Waals surface area contributed by atoms with E-state index in [2.05, 4.69) is 5.10 Å². The number of nitrogens with two attached hydrogens (primary N) is 1. The molecule has 8 nitrogen and oxygen atoms in total. The quantitative estimate of drug-likeness (QED) is 0.856. The van der Waals surface area contributed by atoms with Crippen LogP contribution in [-0.2, 0) is 4.79 Å². The van der Waals surface area contributed by atoms with Crippen LogP contribution in [0.15, 0.2) is 36.4 Å². The van der Waals surface area contributed by atoms with Gasteiger partial charge in [0.15, 0.2) is 5.69 Å². The van der Waals surface area contributed by atoms with Crippen molar-refractivity contribution < 1.29 is 19.5 Å². The molecule has 2 atom stereocenters. The number of amides is 2. The van der Waals surface area contributed by atoms with Crippen LogP contribution in [0.3, 0.4) is 0 Å². The van der Waals surface area contributed by atoms with Crippen molar-refractivity contribution in [3.63, 3.8) is 0 Å². The van der Waals surface area contributed by atoms with E-state index in [-0.39, 0.29) is 17.3 Å². The smallest absolute Gasteiger partial charge is 0.326 e. The van der Waals surface area contributed by atoms with Gasteiger partial charge in [-0.3, -0.25) is 9.59 Å². The topological polar surface area (TPSA) is 119 Å². The predicted octanol–water partition coefficient (Wildman–Crippen LogP) is 1.30. The number of nitrogens with zero attached hydrogens (tertiary/aromatic N) is 3. The highest BCUT2D eigenvalue weighted by Crippen LogP contribution is 2.25. The van der Waals surface area contributed by atoms with Crippen molar-refractivity contribution >= 4 is 17.8 Å². The van der Waals surface area contributed by atoms with Crippen LogP contribution in [-0.4, -0.2) is 50.2 Å². The van der Waals surface area contributed by atoms with Crippen LogP contribution in [0.25, 0.3) is 5.69 Å². The van der Waals surface area contributed by atoms with Crippen molar-refractivity contribution in [2.75, 3.05) is 6.54 Å². The molecule has 0 saturated carbocycles. The number of aliphatic carboxylic acids is 1. The van der Waals surface area contributed by atoms with Gasteiger partial charge >= 0.3 is 5.97 Å². The average molecular weight is 356 g/mol. The first-order valence-corrected chi connectivity index (χ1v) is 8.39. The molecular formula is C18H20N4O4. The fraction of sp³-hybridized carbons (Fsp3) is 0.333. The Morgan fingerprint density at radius 3 is 2.54 bits per heavy atom. The maximum atomic E-state index is 12.9. The number of hydrogen-bond acceptors (Lipinski definition) is 4. The summed E-state index contributed by atoms with van der Waals surface area (Å²) in [5.41, 5.74) is 6.08. The molecule has 0 spiro atoms. The Labute approximate surface area is 150 Å². The molecule has 3 N–H and O–H groups in total. The second-order valence-electron chi connectivity index (χ2n) is 6.43. The summed E-state index contributed by atoms with van der Waals surface area (Å²) in [7, 11) is 0. The zero-order valence-electron chi connectivity index (χ0n) is 14.3. The van der Waals surface area contributed by atoms with Crippen molar-refractivity contribution in [3.05, 3.63) is 47.8 Å². The first-order chi connectivity index (χ1) is 12.4. The van der Waals surface area contributed by atoms with E-state index in [4.69, 9.17) is 5.73 Å². The fourth-order valence-corrected chi connectivity index (χ4v) is 3.37. The van der Waals surface area contributed by atoms with Crippen molar-refractivity contribution in [2.45, 2.75) is 25.8 Å². The summed E-state index contributed by atoms with van der Waals surface area (Å²) in [6.45, 7) is 2.15. The maximum Gasteiger partial charge on any atom is 0.326 e. The summed E-state index contributed by atoms with van der Waals surface area (Å²) in [5, 5.41) is 13.7. The molecule has 1 aliphatic rings. The van der Waals surface area contributed by atoms with Gasteiger partial charge in [-0.15, -0.1) is 0 Å². The van der Waals surface area contributed by atoms with Crippen LogP contribution in [0.1, 0.15) is 40.7 Å². The van der Waals surface area contributed by atoms with Gasteiger partial charge < -0.3 is 15.7 Å². The Kier molecular flexibility index (Phi) is 4.75. The van der Waals surface area contributed by atoms with Crippen LogP contribution in [0.2, 0.25) is 0 Å². The minimum atomic E-state index is -1.04. The second kappa shape index (κ2) is 6.99. The third kappa shape index (κ3) is 3.17. The molecule has 26 heavy (non-hydrogen) atoms. The Bertz CT molecular complexity index is 846. The van der Waals surface area contributed by atoms with E-state index in [1.165, 1.54) is 15.6 Å². The first-order valence-electron chi connectivity index (χ1n) is 8.39. The summed E-state index contributed by atoms with van der Waals surface area (Å²) in [6.07, 6.45) is 1.46. The number of rotatable bonds is 4. The number of aromatic nitrogens is 2. The largest absolute Gasteiger partial charge is 0.480 e. The highest BCUT2D eigenvalue weighted by atomic mass is 16.4. The number of carboxylic acid groups (broad SMARTS) is 1. The third-order valence-corrected chi connectivity index (χ3v) is 4.63. The Balaban J connectivity index is 2.00. The molecule has 2 amide bonds. The average Bonchev–Trinajstić information content (AvgIpc) is 3.07. The molecule has 2 aromatic rings. The normalized spacial score (nSPS) is 20.0. The number of benzene rings is 1. The van der Waals surface area contributed by atoms with E-state index in [1.807, 2.05) is 13.0 Å². The van der Waals surface area contributed by atoms with Crippen LogP contribution >= 0.6 is 0 Å². The molecule has 8 heteroatoms. The van der Waals surface area contributed by atoms with Gasteiger partial charge in [0.05, 0.1) is 5.69 Å². The Morgan fingerprint density at radius 1 is 1.23 bits per heavy atom. The molecule has 0 radical (unpaired) electrons. The van der Waals surface area contributed by atoms with Crippen LogP contribution < -0.4 is 5.73 Å². The Hall–Kier alpha value is -3.16. The van der Waals surface area contributed by atoms with E-state index in [0.717, 1.165) is 12.8 Å². The molecule has 0 bridgehead atoms. The lowest BCUT2D eigenvalue weighted by atomic mass is 9.90. The minimum Gasteiger partial charge on any atom is -0.480 e. The number of carboxylic acids is 1. The number of piperidine rings is 1. The van der Waals surface area contributed by atoms with Gasteiger partial charge in [-0.25, -0.2) is 9.48 Å². The highest BCUT2D eigenvalue weighted by molar-refractivity contribution is 5.99. The standard InChI is InChI=1S/C18H20N4O4/c1-11-6-5-9-21(15(11)18(25)26)17(24)13-10-14(16(19)23)22(20-13)12-7-3-2-4-8-12/h2-4,7-8,10-11,15H,5-6,9H2,1H3,(H2,19,23)(H,25,26). The van der Waals surface area contributed by atoms with E-state index in [9.17, 15) is 19.5 Å². The van der Waals surface area contributed by atoms with Crippen molar-refractivity contribution in [1.29, 1.82) is 0 Å². The van der Waals surface area contributed by atoms with Gasteiger partial charge in [-0.1, -0.05) is 25.1 Å². The van der Waals surface area contributed by atoms with Crippen LogP contribution in [0.4, 0.5) is 0 Å². The van der Waals surface area contributed by atoms with Gasteiger partial charge in [-0.2, -0.15) is 5.10 Å². The zero-order valence-corrected chi connectivity index (χ0v) is 14.3. The monoisotopic (exact) mass is 356 g/mol. The lowest BCUT2D eigenvalue weighted by Crippen LogP contribution is -2.52. The molecule has 1 aromatic carbocycles. The van der Waals surface area contributed by atoms with Gasteiger partial charge in [0.1, 0.15) is 11.7 Å². The molecular weight excluding hydrogens is 336 g/mol. The van der Waals surface area contributed by atoms with Crippen molar-refractivity contribution in [2.24, 2.45) is 11.7 Å². The van der Waals surface area contributed by atoms with Crippen molar-refractivity contribution in [3.8, 4) is 5.69 Å². The lowest BCUT2D eigenvalue weighted by molar-refractivity contribution is -0.145. The lowest BCUT2D eigenvalue weighted by Gasteiger charge is -2.36. The van der Waals surface area contributed by atoms with E-state index < -0.39 is 23.8 Å². The molecule has 1 saturated heterocycles. The van der Waals surface area contributed by atoms with Crippen molar-refractivity contribution in [1.82, 2.24) is 14.7 Å². The van der Waals surface area contributed by atoms with Crippen LogP contribution in [0, 0.1) is 5.92 Å². The number of primary amides is 1. The number of likely N-dealkylation sites (tertiary alicyclic amines) is 1. The third-order valence-electron chi connectivity index (χ3n) is 4.63. The summed E-state index contributed by atoms with van der Waals surface area (Å²) >= 11 is 0. The number of para-hydroxylation sites is 1. The number of hydrogen-bond donors (Lipinski definition) is 2. The second-order valence-corrected chi connectivity index (χ2v) is 6.43. The first kappa shape index (κ1) is 17.7. The number of carbonyl (C=O) groups is 3. The van der Waals surface area contributed by atoms with Gasteiger partial charge in [-0.05, 0) is 30.9 Å². The summed E-state index contributed by atoms with van der Waals surface area (Å²) < 4.78 is 1.30. The molecule has 1 aromatic heterocycles. The minimum absolute atomic E-state index is 0.00278. The summed E-state index contributed by atoms with van der Waals surface area (Å²) in [5.74, 6) is -2.43. The predicted molar refractivity (Wildman–Crippen MR) is 92.9 cm³/mol. The zero-order chi connectivity index (χ0) is 18.8. The molecule has 3 rings (SSSR count). The molecule has 0 aliphatic carbocycles.